The normalized spacial score (nSPS) is 14.8. The third-order valence-corrected chi connectivity index (χ3v) is 8.00. The summed E-state index contributed by atoms with van der Waals surface area (Å²) in [7, 11) is -1.86. The molecule has 1 fully saturated rings. The monoisotopic (exact) mass is 516 g/mol. The molecule has 1 amide bonds. The molecule has 1 saturated heterocycles. The van der Waals surface area contributed by atoms with Crippen LogP contribution in [-0.2, 0) is 10.0 Å². The maximum Gasteiger partial charge on any atom is 0.264 e. The zero-order chi connectivity index (χ0) is 25.0. The van der Waals surface area contributed by atoms with Crippen molar-refractivity contribution in [2.24, 2.45) is 0 Å². The summed E-state index contributed by atoms with van der Waals surface area (Å²) in [4.78, 5) is 21.6. The summed E-state index contributed by atoms with van der Waals surface area (Å²) in [5, 5.41) is 4.66. The van der Waals surface area contributed by atoms with Crippen LogP contribution in [0.15, 0.2) is 59.9 Å². The van der Waals surface area contributed by atoms with E-state index in [4.69, 9.17) is 11.6 Å². The Kier molecular flexibility index (Phi) is 7.73. The van der Waals surface area contributed by atoms with Crippen LogP contribution >= 0.6 is 11.6 Å². The number of likely N-dealkylation sites (N-methyl/N-ethyl adjacent to an activating group) is 1. The molecule has 0 spiro atoms. The molecule has 0 bridgehead atoms. The Morgan fingerprint density at radius 3 is 2.51 bits per heavy atom. The second kappa shape index (κ2) is 10.8. The summed E-state index contributed by atoms with van der Waals surface area (Å²) in [6, 6.07) is 9.84. The molecule has 0 aliphatic carbocycles. The smallest absolute Gasteiger partial charge is 0.264 e. The van der Waals surface area contributed by atoms with E-state index >= 15 is 0 Å². The lowest BCUT2D eigenvalue weighted by molar-refractivity contribution is 0.0664. The first-order chi connectivity index (χ1) is 16.8. The van der Waals surface area contributed by atoms with Crippen LogP contribution < -0.4 is 4.31 Å². The first kappa shape index (κ1) is 25.2. The standard InChI is InChI=1S/C24H29ClN6O3S/c1-3-4-10-31(35(33,34)21-8-6-5-7-9-21)22-15-20(25)17-26-23(22)30-18-19(16-27-30)24(32)29-13-11-28(2)12-14-29/h5-9,15-18H,3-4,10-14H2,1-2H3. The molecule has 35 heavy (non-hydrogen) atoms. The molecule has 1 aliphatic heterocycles. The highest BCUT2D eigenvalue weighted by atomic mass is 35.5. The van der Waals surface area contributed by atoms with Gasteiger partial charge in [0, 0.05) is 45.1 Å². The molecule has 2 aromatic heterocycles. The molecule has 0 radical (unpaired) electrons. The lowest BCUT2D eigenvalue weighted by Crippen LogP contribution is -2.47. The highest BCUT2D eigenvalue weighted by Gasteiger charge is 2.29. The number of hydrogen-bond donors (Lipinski definition) is 0. The van der Waals surface area contributed by atoms with E-state index in [1.165, 1.54) is 21.4 Å². The van der Waals surface area contributed by atoms with Crippen LogP contribution in [0.25, 0.3) is 5.82 Å². The zero-order valence-electron chi connectivity index (χ0n) is 19.8. The highest BCUT2D eigenvalue weighted by molar-refractivity contribution is 7.92. The van der Waals surface area contributed by atoms with Gasteiger partial charge in [-0.25, -0.2) is 18.1 Å². The number of carbonyl (C=O) groups excluding carboxylic acids is 1. The van der Waals surface area contributed by atoms with Gasteiger partial charge in [0.2, 0.25) is 0 Å². The van der Waals surface area contributed by atoms with E-state index in [2.05, 4.69) is 15.0 Å². The predicted molar refractivity (Wildman–Crippen MR) is 136 cm³/mol. The fourth-order valence-corrected chi connectivity index (χ4v) is 5.58. The van der Waals surface area contributed by atoms with E-state index in [1.54, 1.807) is 47.5 Å². The summed E-state index contributed by atoms with van der Waals surface area (Å²) in [6.45, 7) is 5.15. The van der Waals surface area contributed by atoms with Crippen molar-refractivity contribution in [1.82, 2.24) is 24.6 Å². The Hall–Kier alpha value is -2.95. The van der Waals surface area contributed by atoms with E-state index < -0.39 is 10.0 Å². The molecule has 0 unspecified atom stereocenters. The van der Waals surface area contributed by atoms with Crippen molar-refractivity contribution in [1.29, 1.82) is 0 Å². The van der Waals surface area contributed by atoms with Crippen molar-refractivity contribution in [3.63, 3.8) is 0 Å². The molecular weight excluding hydrogens is 488 g/mol. The van der Waals surface area contributed by atoms with Crippen LogP contribution in [0.1, 0.15) is 30.1 Å². The molecule has 9 nitrogen and oxygen atoms in total. The van der Waals surface area contributed by atoms with E-state index in [-0.39, 0.29) is 23.2 Å². The number of carbonyl (C=O) groups is 1. The molecule has 4 rings (SSSR count). The number of aromatic nitrogens is 3. The molecule has 186 valence electrons. The number of hydrogen-bond acceptors (Lipinski definition) is 6. The van der Waals surface area contributed by atoms with Crippen LogP contribution in [0.4, 0.5) is 5.69 Å². The van der Waals surface area contributed by atoms with Crippen LogP contribution in [-0.4, -0.2) is 78.7 Å². The molecular formula is C24H29ClN6O3S. The molecule has 0 N–H and O–H groups in total. The van der Waals surface area contributed by atoms with Gasteiger partial charge in [-0.05, 0) is 31.7 Å². The maximum absolute atomic E-state index is 13.6. The number of halogens is 1. The summed E-state index contributed by atoms with van der Waals surface area (Å²) < 4.78 is 30.0. The second-order valence-electron chi connectivity index (χ2n) is 8.51. The van der Waals surface area contributed by atoms with Crippen molar-refractivity contribution in [3.8, 4) is 5.82 Å². The minimum Gasteiger partial charge on any atom is -0.336 e. The fourth-order valence-electron chi connectivity index (χ4n) is 3.91. The van der Waals surface area contributed by atoms with Crippen LogP contribution in [0.3, 0.4) is 0 Å². The van der Waals surface area contributed by atoms with E-state index in [0.717, 1.165) is 19.5 Å². The van der Waals surface area contributed by atoms with E-state index in [1.807, 2.05) is 14.0 Å². The Morgan fingerprint density at radius 2 is 1.83 bits per heavy atom. The second-order valence-corrected chi connectivity index (χ2v) is 10.8. The zero-order valence-corrected chi connectivity index (χ0v) is 21.4. The summed E-state index contributed by atoms with van der Waals surface area (Å²) in [6.07, 6.45) is 5.97. The molecule has 0 atom stereocenters. The number of rotatable bonds is 8. The molecule has 1 aromatic carbocycles. The van der Waals surface area contributed by atoms with E-state index in [0.29, 0.717) is 35.8 Å². The lowest BCUT2D eigenvalue weighted by Gasteiger charge is -2.32. The van der Waals surface area contributed by atoms with Gasteiger partial charge in [0.05, 0.1) is 27.4 Å². The Morgan fingerprint density at radius 1 is 1.11 bits per heavy atom. The van der Waals surface area contributed by atoms with Crippen molar-refractivity contribution in [2.45, 2.75) is 24.7 Å². The van der Waals surface area contributed by atoms with Gasteiger partial charge in [-0.15, -0.1) is 0 Å². The SMILES string of the molecule is CCCCN(c1cc(Cl)cnc1-n1cc(C(=O)N2CCN(C)CC2)cn1)S(=O)(=O)c1ccccc1. The number of unbranched alkanes of at least 4 members (excludes halogenated alkanes) is 1. The van der Waals surface area contributed by atoms with Gasteiger partial charge < -0.3 is 9.80 Å². The average molecular weight is 517 g/mol. The number of nitrogens with zero attached hydrogens (tertiary/aromatic N) is 6. The van der Waals surface area contributed by atoms with Gasteiger partial charge in [-0.1, -0.05) is 43.1 Å². The largest absolute Gasteiger partial charge is 0.336 e. The van der Waals surface area contributed by atoms with Crippen LogP contribution in [0.2, 0.25) is 5.02 Å². The van der Waals surface area contributed by atoms with Gasteiger partial charge in [-0.3, -0.25) is 9.10 Å². The Balaban J connectivity index is 1.72. The molecule has 3 heterocycles. The Bertz CT molecular complexity index is 1270. The molecule has 11 heteroatoms. The van der Waals surface area contributed by atoms with Crippen LogP contribution in [0.5, 0.6) is 0 Å². The average Bonchev–Trinajstić information content (AvgIpc) is 3.35. The first-order valence-corrected chi connectivity index (χ1v) is 13.4. The number of pyridine rings is 1. The molecule has 1 aliphatic rings. The van der Waals surface area contributed by atoms with Gasteiger partial charge in [-0.2, -0.15) is 5.10 Å². The number of sulfonamides is 1. The van der Waals surface area contributed by atoms with E-state index in [9.17, 15) is 13.2 Å². The third kappa shape index (κ3) is 5.50. The maximum atomic E-state index is 13.6. The Labute approximate surface area is 211 Å². The topological polar surface area (TPSA) is 91.6 Å². The number of amides is 1. The quantitative estimate of drug-likeness (QED) is 0.456. The number of benzene rings is 1. The number of anilines is 1. The summed E-state index contributed by atoms with van der Waals surface area (Å²) in [5.41, 5.74) is 0.722. The minimum absolute atomic E-state index is 0.111. The van der Waals surface area contributed by atoms with Gasteiger partial charge in [0.1, 0.15) is 0 Å². The summed E-state index contributed by atoms with van der Waals surface area (Å²) >= 11 is 6.27. The fraction of sp³-hybridized carbons (Fsp3) is 0.375. The molecule has 0 saturated carbocycles. The van der Waals surface area contributed by atoms with Crippen molar-refractivity contribution >= 4 is 33.2 Å². The van der Waals surface area contributed by atoms with Gasteiger partial charge in [0.25, 0.3) is 15.9 Å². The number of piperazine rings is 1. The highest BCUT2D eigenvalue weighted by Crippen LogP contribution is 2.31. The third-order valence-electron chi connectivity index (χ3n) is 5.97. The first-order valence-electron chi connectivity index (χ1n) is 11.6. The molecule has 3 aromatic rings. The minimum atomic E-state index is -3.89. The van der Waals surface area contributed by atoms with Crippen molar-refractivity contribution < 1.29 is 13.2 Å². The predicted octanol–water partition coefficient (Wildman–Crippen LogP) is 3.30. The van der Waals surface area contributed by atoms with Crippen LogP contribution in [0, 0.1) is 0 Å². The van der Waals surface area contributed by atoms with Crippen molar-refractivity contribution in [3.05, 3.63) is 65.6 Å². The lowest BCUT2D eigenvalue weighted by atomic mass is 10.2. The van der Waals surface area contributed by atoms with Gasteiger partial charge in [0.15, 0.2) is 5.82 Å². The summed E-state index contributed by atoms with van der Waals surface area (Å²) in [5.74, 6) is 0.169. The van der Waals surface area contributed by atoms with Gasteiger partial charge >= 0.3 is 0 Å². The van der Waals surface area contributed by atoms with Crippen molar-refractivity contribution in [2.75, 3.05) is 44.1 Å².